The number of hydrogen-bond donors (Lipinski definition) is 3. The largest absolute Gasteiger partial charge is 0.373 e. The summed E-state index contributed by atoms with van der Waals surface area (Å²) in [6.07, 6.45) is 1.40. The summed E-state index contributed by atoms with van der Waals surface area (Å²) in [5, 5.41) is 18.1. The van der Waals surface area contributed by atoms with Gasteiger partial charge in [0, 0.05) is 18.5 Å². The number of benzene rings is 1. The van der Waals surface area contributed by atoms with Crippen LogP contribution in [-0.2, 0) is 4.79 Å². The molecule has 0 saturated carbocycles. The summed E-state index contributed by atoms with van der Waals surface area (Å²) in [4.78, 5) is 40.6. The van der Waals surface area contributed by atoms with Crippen LogP contribution in [-0.4, -0.2) is 58.7 Å². The van der Waals surface area contributed by atoms with Crippen molar-refractivity contribution < 1.29 is 9.90 Å². The quantitative estimate of drug-likeness (QED) is 0.306. The number of aromatic nitrogens is 6. The molecule has 1 atom stereocenters. The summed E-state index contributed by atoms with van der Waals surface area (Å²) in [5.41, 5.74) is 7.79. The van der Waals surface area contributed by atoms with Gasteiger partial charge >= 0.3 is 0 Å². The van der Waals surface area contributed by atoms with Crippen LogP contribution in [0.5, 0.6) is 0 Å². The fourth-order valence-electron chi connectivity index (χ4n) is 4.25. The maximum absolute atomic E-state index is 13.7. The Morgan fingerprint density at radius 1 is 1.30 bits per heavy atom. The molecule has 11 nitrogen and oxygen atoms in total. The zero-order valence-corrected chi connectivity index (χ0v) is 18.1. The molecule has 0 bridgehead atoms. The Labute approximate surface area is 187 Å². The lowest BCUT2D eigenvalue weighted by Crippen LogP contribution is -2.48. The number of nitrogens with zero attached hydrogens (tertiary/aromatic N) is 6. The highest BCUT2D eigenvalue weighted by Crippen LogP contribution is 2.29. The minimum Gasteiger partial charge on any atom is -0.373 e. The van der Waals surface area contributed by atoms with Crippen molar-refractivity contribution in [1.29, 1.82) is 0 Å². The number of rotatable bonds is 4. The highest BCUT2D eigenvalue weighted by atomic mass is 16.3. The monoisotopic (exact) mass is 446 g/mol. The lowest BCUT2D eigenvalue weighted by Gasteiger charge is -2.37. The second-order valence-electron chi connectivity index (χ2n) is 8.12. The van der Waals surface area contributed by atoms with Crippen molar-refractivity contribution in [3.63, 3.8) is 0 Å². The van der Waals surface area contributed by atoms with E-state index < -0.39 is 11.8 Å². The van der Waals surface area contributed by atoms with Crippen LogP contribution in [0.2, 0.25) is 0 Å². The topological polar surface area (TPSA) is 156 Å². The van der Waals surface area contributed by atoms with Gasteiger partial charge in [-0.25, -0.2) is 15.0 Å². The Bertz CT molecular complexity index is 1500. The van der Waals surface area contributed by atoms with E-state index in [4.69, 9.17) is 5.73 Å². The fourth-order valence-corrected chi connectivity index (χ4v) is 4.25. The molecule has 3 aromatic heterocycles. The molecule has 1 aromatic carbocycles. The third kappa shape index (κ3) is 3.20. The molecule has 0 spiro atoms. The first-order chi connectivity index (χ1) is 15.8. The van der Waals surface area contributed by atoms with Crippen molar-refractivity contribution in [2.45, 2.75) is 26.0 Å². The number of nitrogens with two attached hydrogens (primary N) is 1. The van der Waals surface area contributed by atoms with Gasteiger partial charge in [-0.05, 0) is 31.6 Å². The fraction of sp³-hybridized carbons (Fsp3) is 0.273. The number of aryl methyl sites for hydroxylation is 2. The average Bonchev–Trinajstić information content (AvgIpc) is 3.22. The highest BCUT2D eigenvalue weighted by molar-refractivity contribution is 5.89. The predicted molar refractivity (Wildman–Crippen MR) is 121 cm³/mol. The van der Waals surface area contributed by atoms with Crippen LogP contribution in [0.15, 0.2) is 35.8 Å². The molecule has 168 valence electrons. The minimum absolute atomic E-state index is 0.00627. The smallest absolute Gasteiger partial charge is 0.269 e. The second kappa shape index (κ2) is 7.57. The van der Waals surface area contributed by atoms with Crippen molar-refractivity contribution in [2.24, 2.45) is 5.73 Å². The normalized spacial score (nSPS) is 15.1. The van der Waals surface area contributed by atoms with E-state index in [0.29, 0.717) is 30.4 Å². The molecule has 0 aliphatic carbocycles. The number of aliphatic hydroxyl groups is 1. The summed E-state index contributed by atoms with van der Waals surface area (Å²) in [6, 6.07) is 3.77. The summed E-state index contributed by atoms with van der Waals surface area (Å²) < 4.78 is 1.47. The van der Waals surface area contributed by atoms with Crippen molar-refractivity contribution in [3.8, 4) is 5.69 Å². The first-order valence-corrected chi connectivity index (χ1v) is 10.4. The Balaban J connectivity index is 1.71. The van der Waals surface area contributed by atoms with Crippen LogP contribution < -0.4 is 11.3 Å². The zero-order valence-electron chi connectivity index (χ0n) is 18.1. The number of aliphatic hydroxyl groups excluding tert-OH is 1. The molecule has 33 heavy (non-hydrogen) atoms. The minimum atomic E-state index is -1.50. The van der Waals surface area contributed by atoms with Crippen molar-refractivity contribution >= 4 is 27.8 Å². The SMILES string of the molecule is C=CC(=O)N1CC(c2nc(C(N)O)c3c(=O)n(-c4c(C)ccc5[nH]ncc45)c(C)nc3n2)C1. The number of carbonyl (C=O) groups excluding carboxylic acids is 1. The van der Waals surface area contributed by atoms with Gasteiger partial charge in [-0.2, -0.15) is 5.10 Å². The van der Waals surface area contributed by atoms with E-state index >= 15 is 0 Å². The van der Waals surface area contributed by atoms with Gasteiger partial charge in [0.05, 0.1) is 23.3 Å². The molecule has 4 heterocycles. The van der Waals surface area contributed by atoms with Gasteiger partial charge < -0.3 is 15.7 Å². The molecule has 1 amide bonds. The van der Waals surface area contributed by atoms with E-state index in [1.165, 1.54) is 10.6 Å². The molecule has 1 aliphatic rings. The van der Waals surface area contributed by atoms with Gasteiger partial charge in [-0.1, -0.05) is 12.6 Å². The van der Waals surface area contributed by atoms with Crippen LogP contribution in [0, 0.1) is 13.8 Å². The van der Waals surface area contributed by atoms with Crippen molar-refractivity contribution in [2.75, 3.05) is 13.1 Å². The molecule has 1 fully saturated rings. The van der Waals surface area contributed by atoms with Crippen molar-refractivity contribution in [3.05, 3.63) is 64.2 Å². The number of fused-ring (bicyclic) bond motifs is 2. The first kappa shape index (κ1) is 20.9. The van der Waals surface area contributed by atoms with Gasteiger partial charge in [0.1, 0.15) is 29.0 Å². The van der Waals surface area contributed by atoms with Gasteiger partial charge in [-0.3, -0.25) is 19.3 Å². The van der Waals surface area contributed by atoms with Crippen LogP contribution in [0.1, 0.15) is 35.1 Å². The Kier molecular flexibility index (Phi) is 4.80. The lowest BCUT2D eigenvalue weighted by atomic mass is 9.98. The number of H-pyrrole nitrogens is 1. The number of aromatic amines is 1. The molecule has 5 rings (SSSR count). The molecule has 4 aromatic rings. The number of hydrogen-bond acceptors (Lipinski definition) is 8. The predicted octanol–water partition coefficient (Wildman–Crippen LogP) is 0.730. The van der Waals surface area contributed by atoms with Crippen molar-refractivity contribution in [1.82, 2.24) is 34.6 Å². The molecule has 1 unspecified atom stereocenters. The number of likely N-dealkylation sites (tertiary alicyclic amines) is 1. The molecule has 1 aliphatic heterocycles. The third-order valence-electron chi connectivity index (χ3n) is 5.98. The van der Waals surface area contributed by atoms with Gasteiger partial charge in [0.2, 0.25) is 5.91 Å². The molecule has 4 N–H and O–H groups in total. The Hall–Kier alpha value is -3.96. The molecular weight excluding hydrogens is 424 g/mol. The first-order valence-electron chi connectivity index (χ1n) is 10.4. The second-order valence-corrected chi connectivity index (χ2v) is 8.12. The Morgan fingerprint density at radius 3 is 2.76 bits per heavy atom. The number of carbonyl (C=O) groups is 1. The van der Waals surface area contributed by atoms with E-state index in [1.807, 2.05) is 19.1 Å². The zero-order chi connectivity index (χ0) is 23.4. The summed E-state index contributed by atoms with van der Waals surface area (Å²) >= 11 is 0. The van der Waals surface area contributed by atoms with Gasteiger partial charge in [0.15, 0.2) is 5.65 Å². The van der Waals surface area contributed by atoms with Gasteiger partial charge in [-0.15, -0.1) is 0 Å². The molecule has 11 heteroatoms. The van der Waals surface area contributed by atoms with E-state index in [9.17, 15) is 14.7 Å². The number of nitrogens with one attached hydrogen (secondary N) is 1. The average molecular weight is 446 g/mol. The maximum atomic E-state index is 13.7. The van der Waals surface area contributed by atoms with Crippen LogP contribution >= 0.6 is 0 Å². The molecule has 1 saturated heterocycles. The van der Waals surface area contributed by atoms with E-state index in [0.717, 1.165) is 16.5 Å². The van der Waals surface area contributed by atoms with E-state index in [-0.39, 0.29) is 28.6 Å². The standard InChI is InChI=1S/C22H22N8O3/c1-4-15(31)29-8-12(9-29)20-26-17(19(23)32)16-21(27-20)25-11(3)30(22(16)33)18-10(2)5-6-14-13(18)7-24-28-14/h4-7,12,19,32H,1,8-9,23H2,2-3H3,(H,24,28). The summed E-state index contributed by atoms with van der Waals surface area (Å²) in [5.74, 6) is 0.477. The van der Waals surface area contributed by atoms with E-state index in [1.54, 1.807) is 18.0 Å². The summed E-state index contributed by atoms with van der Waals surface area (Å²) in [7, 11) is 0. The van der Waals surface area contributed by atoms with Crippen LogP contribution in [0.4, 0.5) is 0 Å². The maximum Gasteiger partial charge on any atom is 0.269 e. The van der Waals surface area contributed by atoms with Crippen LogP contribution in [0.25, 0.3) is 27.6 Å². The van der Waals surface area contributed by atoms with E-state index in [2.05, 4.69) is 31.7 Å². The van der Waals surface area contributed by atoms with Gasteiger partial charge in [0.25, 0.3) is 5.56 Å². The number of amides is 1. The highest BCUT2D eigenvalue weighted by Gasteiger charge is 2.34. The lowest BCUT2D eigenvalue weighted by molar-refractivity contribution is -0.130. The molecular formula is C22H22N8O3. The molecule has 0 radical (unpaired) electrons. The van der Waals surface area contributed by atoms with Crippen LogP contribution in [0.3, 0.4) is 0 Å². The third-order valence-corrected chi connectivity index (χ3v) is 5.98. The Morgan fingerprint density at radius 2 is 2.06 bits per heavy atom. The summed E-state index contributed by atoms with van der Waals surface area (Å²) in [6.45, 7) is 7.92.